The molecular formula is C16H26FNO. The molecule has 1 aromatic rings. The summed E-state index contributed by atoms with van der Waals surface area (Å²) in [7, 11) is 1.50. The van der Waals surface area contributed by atoms with Gasteiger partial charge in [-0.2, -0.15) is 0 Å². The van der Waals surface area contributed by atoms with Crippen LogP contribution in [0.3, 0.4) is 0 Å². The highest BCUT2D eigenvalue weighted by molar-refractivity contribution is 5.34. The normalized spacial score (nSPS) is 13.4. The first kappa shape index (κ1) is 16.0. The van der Waals surface area contributed by atoms with Crippen LogP contribution in [0.4, 0.5) is 4.39 Å². The van der Waals surface area contributed by atoms with Crippen LogP contribution in [0.25, 0.3) is 0 Å². The molecule has 1 rings (SSSR count). The predicted octanol–water partition coefficient (Wildman–Crippen LogP) is 4.31. The zero-order chi connectivity index (χ0) is 14.5. The molecule has 0 saturated carbocycles. The fourth-order valence-electron chi connectivity index (χ4n) is 2.21. The lowest BCUT2D eigenvalue weighted by Gasteiger charge is -2.35. The summed E-state index contributed by atoms with van der Waals surface area (Å²) in [5, 5.41) is 3.47. The lowest BCUT2D eigenvalue weighted by atomic mass is 9.78. The van der Waals surface area contributed by atoms with Crippen LogP contribution in [0.15, 0.2) is 18.2 Å². The van der Waals surface area contributed by atoms with Crippen LogP contribution in [0.1, 0.15) is 52.1 Å². The smallest absolute Gasteiger partial charge is 0.169 e. The summed E-state index contributed by atoms with van der Waals surface area (Å²) in [5.41, 5.74) is 0.683. The number of rotatable bonds is 7. The van der Waals surface area contributed by atoms with E-state index >= 15 is 0 Å². The zero-order valence-corrected chi connectivity index (χ0v) is 12.7. The molecule has 0 aliphatic carbocycles. The molecular weight excluding hydrogens is 241 g/mol. The van der Waals surface area contributed by atoms with Crippen molar-refractivity contribution in [2.75, 3.05) is 13.7 Å². The summed E-state index contributed by atoms with van der Waals surface area (Å²) in [4.78, 5) is 0. The van der Waals surface area contributed by atoms with Gasteiger partial charge in [0.25, 0.3) is 0 Å². The minimum Gasteiger partial charge on any atom is -0.494 e. The molecule has 1 atom stereocenters. The molecule has 19 heavy (non-hydrogen) atoms. The van der Waals surface area contributed by atoms with E-state index in [2.05, 4.69) is 33.0 Å². The van der Waals surface area contributed by atoms with Crippen molar-refractivity contribution in [3.63, 3.8) is 0 Å². The molecule has 0 saturated heterocycles. The van der Waals surface area contributed by atoms with E-state index in [1.165, 1.54) is 7.11 Å². The topological polar surface area (TPSA) is 21.3 Å². The Morgan fingerprint density at radius 2 is 2.00 bits per heavy atom. The van der Waals surface area contributed by atoms with Crippen molar-refractivity contribution >= 4 is 0 Å². The molecule has 3 heteroatoms. The number of methoxy groups -OCH3 is 1. The van der Waals surface area contributed by atoms with Gasteiger partial charge in [0.2, 0.25) is 0 Å². The van der Waals surface area contributed by atoms with Crippen molar-refractivity contribution in [2.45, 2.75) is 46.6 Å². The fraction of sp³-hybridized carbons (Fsp3) is 0.625. The third-order valence-electron chi connectivity index (χ3n) is 3.82. The van der Waals surface area contributed by atoms with Crippen LogP contribution in [-0.2, 0) is 0 Å². The molecule has 0 aliphatic heterocycles. The van der Waals surface area contributed by atoms with Gasteiger partial charge < -0.3 is 10.1 Å². The number of hydrogen-bond donors (Lipinski definition) is 1. The summed E-state index contributed by atoms with van der Waals surface area (Å²) in [6.45, 7) is 9.47. The molecule has 1 unspecified atom stereocenters. The predicted molar refractivity (Wildman–Crippen MR) is 78.1 cm³/mol. The van der Waals surface area contributed by atoms with E-state index in [1.54, 1.807) is 6.07 Å². The molecule has 0 spiro atoms. The summed E-state index contributed by atoms with van der Waals surface area (Å²) < 4.78 is 19.5. The number of hydrogen-bond acceptors (Lipinski definition) is 2. The monoisotopic (exact) mass is 267 g/mol. The van der Waals surface area contributed by atoms with Gasteiger partial charge in [-0.1, -0.05) is 39.8 Å². The maximum Gasteiger partial charge on any atom is 0.169 e. The second-order valence-corrected chi connectivity index (χ2v) is 5.59. The van der Waals surface area contributed by atoms with Crippen LogP contribution >= 0.6 is 0 Å². The number of benzene rings is 1. The number of nitrogens with one attached hydrogen (secondary N) is 1. The number of halogens is 1. The SMILES string of the molecule is CCCNC(c1cccc(OC)c1F)C(C)(C)CC. The maximum absolute atomic E-state index is 14.5. The Kier molecular flexibility index (Phi) is 5.80. The highest BCUT2D eigenvalue weighted by Gasteiger charge is 2.31. The Balaban J connectivity index is 3.17. The Hall–Kier alpha value is -1.09. The summed E-state index contributed by atoms with van der Waals surface area (Å²) >= 11 is 0. The van der Waals surface area contributed by atoms with Gasteiger partial charge in [0, 0.05) is 11.6 Å². The second kappa shape index (κ2) is 6.90. The van der Waals surface area contributed by atoms with Gasteiger partial charge in [0.15, 0.2) is 11.6 Å². The summed E-state index contributed by atoms with van der Waals surface area (Å²) in [5.74, 6) is 0.0628. The average Bonchev–Trinajstić information content (AvgIpc) is 2.40. The van der Waals surface area contributed by atoms with E-state index in [1.807, 2.05) is 12.1 Å². The minimum atomic E-state index is -0.250. The third kappa shape index (κ3) is 3.69. The zero-order valence-electron chi connectivity index (χ0n) is 12.7. The molecule has 0 heterocycles. The van der Waals surface area contributed by atoms with Crippen molar-refractivity contribution in [1.82, 2.24) is 5.32 Å². The van der Waals surface area contributed by atoms with Crippen molar-refractivity contribution in [3.8, 4) is 5.75 Å². The molecule has 0 amide bonds. The molecule has 0 radical (unpaired) electrons. The Bertz CT molecular complexity index is 404. The quantitative estimate of drug-likeness (QED) is 0.794. The van der Waals surface area contributed by atoms with Gasteiger partial charge in [-0.15, -0.1) is 0 Å². The highest BCUT2D eigenvalue weighted by atomic mass is 19.1. The van der Waals surface area contributed by atoms with Crippen molar-refractivity contribution in [2.24, 2.45) is 5.41 Å². The van der Waals surface area contributed by atoms with E-state index in [0.717, 1.165) is 19.4 Å². The van der Waals surface area contributed by atoms with Crippen LogP contribution < -0.4 is 10.1 Å². The van der Waals surface area contributed by atoms with E-state index in [4.69, 9.17) is 4.74 Å². The first-order valence-corrected chi connectivity index (χ1v) is 7.03. The molecule has 0 bridgehead atoms. The van der Waals surface area contributed by atoms with E-state index in [-0.39, 0.29) is 17.3 Å². The molecule has 2 nitrogen and oxygen atoms in total. The lowest BCUT2D eigenvalue weighted by molar-refractivity contribution is 0.228. The lowest BCUT2D eigenvalue weighted by Crippen LogP contribution is -2.35. The molecule has 0 fully saturated rings. The third-order valence-corrected chi connectivity index (χ3v) is 3.82. The van der Waals surface area contributed by atoms with Gasteiger partial charge in [-0.25, -0.2) is 4.39 Å². The minimum absolute atomic E-state index is 0.00690. The van der Waals surface area contributed by atoms with Gasteiger partial charge in [-0.05, 0) is 30.9 Å². The largest absolute Gasteiger partial charge is 0.494 e. The van der Waals surface area contributed by atoms with Crippen LogP contribution in [0, 0.1) is 11.2 Å². The van der Waals surface area contributed by atoms with Crippen LogP contribution in [0.5, 0.6) is 5.75 Å². The van der Waals surface area contributed by atoms with Gasteiger partial charge in [-0.3, -0.25) is 0 Å². The molecule has 1 aromatic carbocycles. The second-order valence-electron chi connectivity index (χ2n) is 5.59. The van der Waals surface area contributed by atoms with Gasteiger partial charge in [0.05, 0.1) is 7.11 Å². The molecule has 0 aliphatic rings. The summed E-state index contributed by atoms with van der Waals surface area (Å²) in [6.07, 6.45) is 2.01. The summed E-state index contributed by atoms with van der Waals surface area (Å²) in [6, 6.07) is 5.36. The Labute approximate surface area is 116 Å². The molecule has 108 valence electrons. The first-order valence-electron chi connectivity index (χ1n) is 7.03. The molecule has 1 N–H and O–H groups in total. The first-order chi connectivity index (χ1) is 8.97. The highest BCUT2D eigenvalue weighted by Crippen LogP contribution is 2.38. The van der Waals surface area contributed by atoms with E-state index in [9.17, 15) is 4.39 Å². The van der Waals surface area contributed by atoms with Crippen molar-refractivity contribution < 1.29 is 9.13 Å². The maximum atomic E-state index is 14.5. The number of ether oxygens (including phenoxy) is 1. The van der Waals surface area contributed by atoms with Gasteiger partial charge >= 0.3 is 0 Å². The standard InChI is InChI=1S/C16H26FNO/c1-6-11-18-15(16(3,4)7-2)12-9-8-10-13(19-5)14(12)17/h8-10,15,18H,6-7,11H2,1-5H3. The van der Waals surface area contributed by atoms with Crippen molar-refractivity contribution in [3.05, 3.63) is 29.6 Å². The van der Waals surface area contributed by atoms with Crippen molar-refractivity contribution in [1.29, 1.82) is 0 Å². The Morgan fingerprint density at radius 3 is 2.53 bits per heavy atom. The van der Waals surface area contributed by atoms with Gasteiger partial charge in [0.1, 0.15) is 0 Å². The van der Waals surface area contributed by atoms with E-state index < -0.39 is 0 Å². The fourth-order valence-corrected chi connectivity index (χ4v) is 2.21. The van der Waals surface area contributed by atoms with E-state index in [0.29, 0.717) is 11.3 Å². The Morgan fingerprint density at radius 1 is 1.32 bits per heavy atom. The van der Waals surface area contributed by atoms with Crippen LogP contribution in [-0.4, -0.2) is 13.7 Å². The van der Waals surface area contributed by atoms with Crippen LogP contribution in [0.2, 0.25) is 0 Å². The molecule has 0 aromatic heterocycles. The average molecular weight is 267 g/mol.